The molecule has 0 radical (unpaired) electrons. The van der Waals surface area contributed by atoms with Crippen molar-refractivity contribution in [2.45, 2.75) is 13.3 Å². The Kier molecular flexibility index (Phi) is 5.19. The van der Waals surface area contributed by atoms with Gasteiger partial charge in [0.1, 0.15) is 11.6 Å². The number of hydrogen-bond donors (Lipinski definition) is 1. The van der Waals surface area contributed by atoms with Crippen LogP contribution in [0.3, 0.4) is 0 Å². The van der Waals surface area contributed by atoms with E-state index in [2.05, 4.69) is 10.3 Å². The third kappa shape index (κ3) is 4.28. The van der Waals surface area contributed by atoms with Crippen LogP contribution < -0.4 is 5.32 Å². The molecule has 3 aromatic rings. The van der Waals surface area contributed by atoms with Crippen LogP contribution in [0.5, 0.6) is 0 Å². The number of carbonyl (C=O) groups excluding carboxylic acids is 1. The van der Waals surface area contributed by atoms with Gasteiger partial charge in [-0.25, -0.2) is 13.8 Å². The number of amides is 1. The molecule has 0 saturated carbocycles. The average molecular weight is 358 g/mol. The summed E-state index contributed by atoms with van der Waals surface area (Å²) in [5.41, 5.74) is 2.89. The van der Waals surface area contributed by atoms with Crippen molar-refractivity contribution in [1.82, 2.24) is 10.3 Å². The lowest BCUT2D eigenvalue weighted by molar-refractivity contribution is 0.0950. The zero-order chi connectivity index (χ0) is 17.8. The zero-order valence-electron chi connectivity index (χ0n) is 13.6. The average Bonchev–Trinajstić information content (AvgIpc) is 3.02. The first-order chi connectivity index (χ1) is 12.0. The minimum Gasteiger partial charge on any atom is -0.352 e. The summed E-state index contributed by atoms with van der Waals surface area (Å²) >= 11 is 1.61. The van der Waals surface area contributed by atoms with Crippen LogP contribution >= 0.6 is 11.3 Å². The van der Waals surface area contributed by atoms with Crippen molar-refractivity contribution in [3.8, 4) is 11.3 Å². The molecular weight excluding hydrogens is 342 g/mol. The molecule has 1 amide bonds. The number of rotatable bonds is 5. The minimum absolute atomic E-state index is 0.157. The van der Waals surface area contributed by atoms with Crippen molar-refractivity contribution in [3.63, 3.8) is 0 Å². The predicted molar refractivity (Wildman–Crippen MR) is 94.7 cm³/mol. The van der Waals surface area contributed by atoms with E-state index in [9.17, 15) is 13.6 Å². The maximum absolute atomic E-state index is 13.6. The first-order valence-electron chi connectivity index (χ1n) is 7.77. The lowest BCUT2D eigenvalue weighted by atomic mass is 10.1. The first kappa shape index (κ1) is 17.2. The largest absolute Gasteiger partial charge is 0.352 e. The number of halogens is 2. The van der Waals surface area contributed by atoms with Crippen molar-refractivity contribution < 1.29 is 13.6 Å². The van der Waals surface area contributed by atoms with Gasteiger partial charge < -0.3 is 5.32 Å². The fraction of sp³-hybridized carbons (Fsp3) is 0.158. The molecule has 1 heterocycles. The Labute approximate surface area is 148 Å². The number of aryl methyl sites for hydroxylation is 1. The van der Waals surface area contributed by atoms with E-state index < -0.39 is 17.5 Å². The quantitative estimate of drug-likeness (QED) is 0.736. The molecule has 0 aliphatic rings. The molecule has 25 heavy (non-hydrogen) atoms. The summed E-state index contributed by atoms with van der Waals surface area (Å²) in [4.78, 5) is 16.4. The monoisotopic (exact) mass is 358 g/mol. The molecule has 0 unspecified atom stereocenters. The number of carbonyl (C=O) groups is 1. The van der Waals surface area contributed by atoms with E-state index >= 15 is 0 Å². The standard InChI is InChI=1S/C19H16F2N2OS/c1-12-23-18(11-25-12)14-4-2-13(3-5-14)8-9-22-19(24)16-7-6-15(20)10-17(16)21/h2-7,10-11H,8-9H2,1H3,(H,22,24). The molecule has 128 valence electrons. The minimum atomic E-state index is -0.861. The third-order valence-corrected chi connectivity index (χ3v) is 4.52. The summed E-state index contributed by atoms with van der Waals surface area (Å²) in [6, 6.07) is 10.9. The third-order valence-electron chi connectivity index (χ3n) is 3.74. The lowest BCUT2D eigenvalue weighted by Crippen LogP contribution is -2.26. The summed E-state index contributed by atoms with van der Waals surface area (Å²) in [5, 5.41) is 5.68. The van der Waals surface area contributed by atoms with E-state index in [1.807, 2.05) is 36.6 Å². The highest BCUT2D eigenvalue weighted by Crippen LogP contribution is 2.21. The highest BCUT2D eigenvalue weighted by atomic mass is 32.1. The van der Waals surface area contributed by atoms with Gasteiger partial charge in [-0.2, -0.15) is 0 Å². The van der Waals surface area contributed by atoms with Gasteiger partial charge in [0.2, 0.25) is 0 Å². The van der Waals surface area contributed by atoms with E-state index in [0.29, 0.717) is 19.0 Å². The maximum Gasteiger partial charge on any atom is 0.254 e. The Morgan fingerprint density at radius 3 is 2.56 bits per heavy atom. The van der Waals surface area contributed by atoms with E-state index in [0.717, 1.165) is 34.0 Å². The molecule has 6 heteroatoms. The fourth-order valence-electron chi connectivity index (χ4n) is 2.43. The van der Waals surface area contributed by atoms with Crippen molar-refractivity contribution in [2.24, 2.45) is 0 Å². The zero-order valence-corrected chi connectivity index (χ0v) is 14.4. The molecule has 0 aliphatic heterocycles. The summed E-state index contributed by atoms with van der Waals surface area (Å²) in [6.07, 6.45) is 0.616. The second-order valence-electron chi connectivity index (χ2n) is 5.58. The molecule has 0 spiro atoms. The van der Waals surface area contributed by atoms with Crippen molar-refractivity contribution in [1.29, 1.82) is 0 Å². The van der Waals surface area contributed by atoms with Gasteiger partial charge in [-0.3, -0.25) is 4.79 Å². The summed E-state index contributed by atoms with van der Waals surface area (Å²) in [7, 11) is 0. The highest BCUT2D eigenvalue weighted by molar-refractivity contribution is 7.09. The molecule has 0 saturated heterocycles. The summed E-state index contributed by atoms with van der Waals surface area (Å²) in [6.45, 7) is 2.33. The second-order valence-corrected chi connectivity index (χ2v) is 6.64. The Morgan fingerprint density at radius 1 is 1.16 bits per heavy atom. The van der Waals surface area contributed by atoms with Crippen molar-refractivity contribution in [3.05, 3.63) is 75.6 Å². The van der Waals surface area contributed by atoms with Gasteiger partial charge in [-0.15, -0.1) is 11.3 Å². The molecule has 0 aliphatic carbocycles. The Bertz CT molecular complexity index is 891. The van der Waals surface area contributed by atoms with Gasteiger partial charge in [-0.05, 0) is 31.0 Å². The van der Waals surface area contributed by atoms with Crippen LogP contribution in [0.25, 0.3) is 11.3 Å². The molecule has 1 aromatic heterocycles. The van der Waals surface area contributed by atoms with Crippen LogP contribution in [0.2, 0.25) is 0 Å². The Balaban J connectivity index is 1.56. The highest BCUT2D eigenvalue weighted by Gasteiger charge is 2.11. The molecule has 1 N–H and O–H groups in total. The number of nitrogens with one attached hydrogen (secondary N) is 1. The van der Waals surface area contributed by atoms with Gasteiger partial charge in [0.05, 0.1) is 16.3 Å². The van der Waals surface area contributed by atoms with Crippen molar-refractivity contribution in [2.75, 3.05) is 6.54 Å². The number of benzene rings is 2. The van der Waals surface area contributed by atoms with Crippen LogP contribution in [0.15, 0.2) is 47.8 Å². The summed E-state index contributed by atoms with van der Waals surface area (Å²) in [5.74, 6) is -2.11. The molecule has 2 aromatic carbocycles. The van der Waals surface area contributed by atoms with Crippen LogP contribution in [0, 0.1) is 18.6 Å². The topological polar surface area (TPSA) is 42.0 Å². The SMILES string of the molecule is Cc1nc(-c2ccc(CCNC(=O)c3ccc(F)cc3F)cc2)cs1. The van der Waals surface area contributed by atoms with Crippen LogP contribution in [0.4, 0.5) is 8.78 Å². The number of thiazole rings is 1. The second kappa shape index (κ2) is 7.53. The van der Waals surface area contributed by atoms with E-state index in [-0.39, 0.29) is 5.56 Å². The van der Waals surface area contributed by atoms with Gasteiger partial charge >= 0.3 is 0 Å². The molecule has 0 fully saturated rings. The van der Waals surface area contributed by atoms with E-state index in [1.54, 1.807) is 11.3 Å². The number of aromatic nitrogens is 1. The Morgan fingerprint density at radius 2 is 1.92 bits per heavy atom. The van der Waals surface area contributed by atoms with Gasteiger partial charge in [0.15, 0.2) is 0 Å². The molecule has 3 nitrogen and oxygen atoms in total. The number of nitrogens with zero attached hydrogens (tertiary/aromatic N) is 1. The molecule has 0 bridgehead atoms. The van der Waals surface area contributed by atoms with Crippen LogP contribution in [-0.2, 0) is 6.42 Å². The molecular formula is C19H16F2N2OS. The first-order valence-corrected chi connectivity index (χ1v) is 8.65. The van der Waals surface area contributed by atoms with Crippen LogP contribution in [0.1, 0.15) is 20.9 Å². The van der Waals surface area contributed by atoms with Gasteiger partial charge in [-0.1, -0.05) is 24.3 Å². The van der Waals surface area contributed by atoms with E-state index in [4.69, 9.17) is 0 Å². The van der Waals surface area contributed by atoms with Gasteiger partial charge in [0.25, 0.3) is 5.91 Å². The van der Waals surface area contributed by atoms with Gasteiger partial charge in [0, 0.05) is 23.6 Å². The van der Waals surface area contributed by atoms with Crippen molar-refractivity contribution >= 4 is 17.2 Å². The van der Waals surface area contributed by atoms with Crippen LogP contribution in [-0.4, -0.2) is 17.4 Å². The molecule has 0 atom stereocenters. The molecule has 3 rings (SSSR count). The normalized spacial score (nSPS) is 10.7. The number of hydrogen-bond acceptors (Lipinski definition) is 3. The smallest absolute Gasteiger partial charge is 0.254 e. The maximum atomic E-state index is 13.6. The predicted octanol–water partition coefficient (Wildman–Crippen LogP) is 4.37. The fourth-order valence-corrected chi connectivity index (χ4v) is 3.05. The lowest BCUT2D eigenvalue weighted by Gasteiger charge is -2.07. The van der Waals surface area contributed by atoms with E-state index in [1.165, 1.54) is 0 Å². The Hall–Kier alpha value is -2.60. The summed E-state index contributed by atoms with van der Waals surface area (Å²) < 4.78 is 26.4.